The third-order valence-electron chi connectivity index (χ3n) is 11.8. The number of rotatable bonds is 6. The fourth-order valence-electron chi connectivity index (χ4n) is 8.77. The molecular formula is C51H44Cl2N8O. The number of aliphatic imine (C=N–C) groups is 2. The number of halogens is 2. The molecule has 6 aliphatic heterocycles. The molecule has 2 aromatic heterocycles. The Morgan fingerprint density at radius 2 is 1.24 bits per heavy atom. The Labute approximate surface area is 370 Å². The van der Waals surface area contributed by atoms with Crippen LogP contribution in [-0.4, -0.2) is 87.8 Å². The molecule has 8 bridgehead atoms. The van der Waals surface area contributed by atoms with Gasteiger partial charge in [-0.1, -0.05) is 78.4 Å². The highest BCUT2D eigenvalue weighted by Crippen LogP contribution is 2.53. The smallest absolute Gasteiger partial charge is 0.255 e. The number of nitrogens with one attached hydrogen (secondary N) is 3. The lowest BCUT2D eigenvalue weighted by Gasteiger charge is -2.37. The molecule has 11 heteroatoms. The summed E-state index contributed by atoms with van der Waals surface area (Å²) in [4.78, 5) is 35.0. The van der Waals surface area contributed by atoms with E-state index in [2.05, 4.69) is 130 Å². The van der Waals surface area contributed by atoms with Gasteiger partial charge >= 0.3 is 0 Å². The van der Waals surface area contributed by atoms with Gasteiger partial charge in [-0.25, -0.2) is 4.99 Å². The van der Waals surface area contributed by atoms with Gasteiger partial charge in [0.1, 0.15) is 0 Å². The Bertz CT molecular complexity index is 3000. The van der Waals surface area contributed by atoms with Crippen LogP contribution in [0.5, 0.6) is 0 Å². The van der Waals surface area contributed by atoms with Gasteiger partial charge in [0, 0.05) is 126 Å². The summed E-state index contributed by atoms with van der Waals surface area (Å²) in [6, 6.07) is 24.9. The topological polar surface area (TPSA) is 95.1 Å². The van der Waals surface area contributed by atoms with Crippen molar-refractivity contribution in [2.45, 2.75) is 9.87 Å². The normalized spacial score (nSPS) is 22.9. The van der Waals surface area contributed by atoms with Crippen LogP contribution in [0.4, 0.5) is 5.69 Å². The highest BCUT2D eigenvalue weighted by Gasteiger charge is 2.53. The van der Waals surface area contributed by atoms with Gasteiger partial charge in [-0.15, -0.1) is 11.6 Å². The molecule has 62 heavy (non-hydrogen) atoms. The number of alkyl halides is 2. The summed E-state index contributed by atoms with van der Waals surface area (Å²) >= 11 is 16.1. The fourth-order valence-corrected chi connectivity index (χ4v) is 9.47. The summed E-state index contributed by atoms with van der Waals surface area (Å²) in [5.74, 6) is -0.209. The van der Waals surface area contributed by atoms with E-state index >= 15 is 0 Å². The van der Waals surface area contributed by atoms with Crippen LogP contribution in [0.2, 0.25) is 0 Å². The van der Waals surface area contributed by atoms with Crippen LogP contribution in [0, 0.1) is 0 Å². The lowest BCUT2D eigenvalue weighted by atomic mass is 9.87. The minimum absolute atomic E-state index is 0.209. The molecule has 8 heterocycles. The van der Waals surface area contributed by atoms with Crippen LogP contribution < -0.4 is 16.0 Å². The molecule has 0 fully saturated rings. The summed E-state index contributed by atoms with van der Waals surface area (Å²) in [6.45, 7) is 2.40. The van der Waals surface area contributed by atoms with Crippen LogP contribution >= 0.6 is 23.2 Å². The molecule has 2 unspecified atom stereocenters. The summed E-state index contributed by atoms with van der Waals surface area (Å²) in [5.41, 5.74) is 11.4. The number of hydrogen-bond acceptors (Lipinski definition) is 6. The number of nitrogens with zero attached hydrogens (tertiary/aromatic N) is 5. The van der Waals surface area contributed by atoms with Crippen molar-refractivity contribution in [2.75, 3.05) is 46.1 Å². The Kier molecular flexibility index (Phi) is 9.89. The molecule has 0 saturated heterocycles. The molecule has 3 N–H and O–H groups in total. The van der Waals surface area contributed by atoms with Crippen molar-refractivity contribution in [3.63, 3.8) is 0 Å². The van der Waals surface area contributed by atoms with Crippen molar-refractivity contribution in [1.82, 2.24) is 24.7 Å². The molecule has 0 saturated carbocycles. The van der Waals surface area contributed by atoms with Gasteiger partial charge < -0.3 is 30.0 Å². The molecule has 10 rings (SSSR count). The van der Waals surface area contributed by atoms with E-state index in [0.29, 0.717) is 28.2 Å². The predicted octanol–water partition coefficient (Wildman–Crippen LogP) is 7.92. The fraction of sp³-hybridized carbons (Fsp3) is 0.157. The van der Waals surface area contributed by atoms with Crippen LogP contribution in [0.1, 0.15) is 27.3 Å². The van der Waals surface area contributed by atoms with Gasteiger partial charge in [-0.2, -0.15) is 0 Å². The number of H-pyrrole nitrogens is 2. The van der Waals surface area contributed by atoms with E-state index in [-0.39, 0.29) is 5.91 Å². The van der Waals surface area contributed by atoms with Gasteiger partial charge in [0.25, 0.3) is 5.91 Å². The third-order valence-corrected chi connectivity index (χ3v) is 13.1. The SMILES string of the molecule is CN1C=C(C2=C3C=CC(=N3)C(C3=CN(C)CC=C3)=c3ccc([nH]3)=C(C3=CN(C)CC=C3)C3=NC(Cl)(C=C3)C(Cl)(c3ccc(NC(=O)c4ccccc4)cc3)c3ccc2[nH]3)C=CC1. The highest BCUT2D eigenvalue weighted by atomic mass is 35.5. The predicted molar refractivity (Wildman–Crippen MR) is 253 cm³/mol. The Hall–Kier alpha value is -6.81. The first-order valence-electron chi connectivity index (χ1n) is 20.6. The number of amides is 1. The van der Waals surface area contributed by atoms with Crippen molar-refractivity contribution < 1.29 is 4.79 Å². The van der Waals surface area contributed by atoms with Gasteiger partial charge in [-0.3, -0.25) is 9.79 Å². The monoisotopic (exact) mass is 854 g/mol. The van der Waals surface area contributed by atoms with Gasteiger partial charge in [-0.05, 0) is 78.4 Å². The molecular weight excluding hydrogens is 812 g/mol. The number of fused-ring (bicyclic) bond motifs is 6. The van der Waals surface area contributed by atoms with Gasteiger partial charge in [0.05, 0.1) is 17.1 Å². The number of anilines is 1. The first-order chi connectivity index (χ1) is 30.1. The first-order valence-corrected chi connectivity index (χ1v) is 21.4. The van der Waals surface area contributed by atoms with Crippen LogP contribution in [-0.2, 0) is 4.87 Å². The van der Waals surface area contributed by atoms with Crippen molar-refractivity contribution in [2.24, 2.45) is 9.98 Å². The summed E-state index contributed by atoms with van der Waals surface area (Å²) < 4.78 is 0. The van der Waals surface area contributed by atoms with Gasteiger partial charge in [0.15, 0.2) is 9.87 Å². The molecule has 9 nitrogen and oxygen atoms in total. The van der Waals surface area contributed by atoms with E-state index in [1.165, 1.54) is 0 Å². The number of aromatic amines is 2. The molecule has 0 aliphatic carbocycles. The average Bonchev–Trinajstić information content (AvgIpc) is 4.12. The molecule has 2 aromatic carbocycles. The van der Waals surface area contributed by atoms with E-state index in [1.54, 1.807) is 12.1 Å². The largest absolute Gasteiger partial charge is 0.376 e. The number of likely N-dealkylation sites (N-methyl/N-ethyl adjacent to an activating group) is 3. The van der Waals surface area contributed by atoms with E-state index in [1.807, 2.05) is 66.7 Å². The minimum Gasteiger partial charge on any atom is -0.376 e. The summed E-state index contributed by atoms with van der Waals surface area (Å²) in [6.07, 6.45) is 27.4. The average molecular weight is 856 g/mol. The van der Waals surface area contributed by atoms with Crippen molar-refractivity contribution >= 4 is 62.9 Å². The zero-order valence-electron chi connectivity index (χ0n) is 34.5. The number of benzene rings is 2. The van der Waals surface area contributed by atoms with Crippen LogP contribution in [0.3, 0.4) is 0 Å². The standard InChI is InChI=1S/C51H44Cl2N8O/c1-59-27-7-12-34(30-59)46-39-19-20-41(55-39)47(35-13-8-28-60(2)31-35)43-23-24-45(57-43)51(53,37-15-17-38(18-16-37)54-49(62)33-10-5-4-6-11-33)50(52)26-25-44(58-50)48(42-22-21-40(46)56-42)36-14-9-29-61(3)32-36/h4-26,30-32,56-57H,27-29H2,1-3H3,(H,54,62). The van der Waals surface area contributed by atoms with E-state index in [4.69, 9.17) is 33.2 Å². The number of hydrogen-bond donors (Lipinski definition) is 3. The molecule has 4 aromatic rings. The zero-order chi connectivity index (χ0) is 42.6. The van der Waals surface area contributed by atoms with Crippen molar-refractivity contribution in [3.05, 3.63) is 214 Å². The number of allylic oxidation sites excluding steroid dienone is 10. The highest BCUT2D eigenvalue weighted by molar-refractivity contribution is 6.41. The third kappa shape index (κ3) is 6.97. The zero-order valence-corrected chi connectivity index (χ0v) is 36.0. The maximum absolute atomic E-state index is 13.1. The second kappa shape index (κ2) is 15.6. The Morgan fingerprint density at radius 1 is 0.645 bits per heavy atom. The maximum Gasteiger partial charge on any atom is 0.255 e. The second-order valence-electron chi connectivity index (χ2n) is 16.3. The first kappa shape index (κ1) is 39.3. The quantitative estimate of drug-likeness (QED) is 0.136. The van der Waals surface area contributed by atoms with E-state index in [9.17, 15) is 4.79 Å². The summed E-state index contributed by atoms with van der Waals surface area (Å²) in [5, 5.41) is 4.80. The molecule has 6 aliphatic rings. The van der Waals surface area contributed by atoms with Crippen molar-refractivity contribution in [3.8, 4) is 0 Å². The van der Waals surface area contributed by atoms with Gasteiger partial charge in [0.2, 0.25) is 0 Å². The Balaban J connectivity index is 1.23. The van der Waals surface area contributed by atoms with Crippen LogP contribution in [0.25, 0.3) is 16.7 Å². The van der Waals surface area contributed by atoms with E-state index in [0.717, 1.165) is 80.9 Å². The lowest BCUT2D eigenvalue weighted by Crippen LogP contribution is -2.41. The number of carbonyl (C=O) groups excluding carboxylic acids is 1. The lowest BCUT2D eigenvalue weighted by molar-refractivity contribution is 0.102. The second-order valence-corrected chi connectivity index (χ2v) is 17.4. The summed E-state index contributed by atoms with van der Waals surface area (Å²) in [7, 11) is 6.20. The van der Waals surface area contributed by atoms with Crippen LogP contribution in [0.15, 0.2) is 191 Å². The van der Waals surface area contributed by atoms with Crippen molar-refractivity contribution in [1.29, 1.82) is 0 Å². The molecule has 308 valence electrons. The van der Waals surface area contributed by atoms with E-state index < -0.39 is 9.87 Å². The molecule has 1 amide bonds. The number of aromatic nitrogens is 2. The minimum atomic E-state index is -1.51. The Morgan fingerprint density at radius 3 is 1.85 bits per heavy atom. The number of carbonyl (C=O) groups is 1. The molecule has 2 atom stereocenters. The molecule has 0 spiro atoms. The molecule has 0 radical (unpaired) electrons. The maximum atomic E-state index is 13.1.